The molecule has 1 aliphatic rings. The number of carbonyl (C=O) groups is 1. The zero-order valence-electron chi connectivity index (χ0n) is 17.5. The van der Waals surface area contributed by atoms with Gasteiger partial charge in [-0.3, -0.25) is 9.69 Å². The number of amides is 1. The van der Waals surface area contributed by atoms with Crippen LogP contribution in [-0.4, -0.2) is 55.5 Å². The van der Waals surface area contributed by atoms with E-state index in [1.165, 1.54) is 5.56 Å². The summed E-state index contributed by atoms with van der Waals surface area (Å²) in [5.74, 6) is 0.589. The minimum atomic E-state index is -0.118. The summed E-state index contributed by atoms with van der Waals surface area (Å²) in [6.07, 6.45) is 0. The molecule has 1 aliphatic heterocycles. The lowest BCUT2D eigenvalue weighted by Gasteiger charge is -2.32. The maximum atomic E-state index is 12.2. The molecular formula is C25H29N3O2. The van der Waals surface area contributed by atoms with Gasteiger partial charge in [0, 0.05) is 39.3 Å². The molecular weight excluding hydrogens is 374 g/mol. The van der Waals surface area contributed by atoms with Crippen molar-refractivity contribution in [2.45, 2.75) is 13.1 Å². The Morgan fingerprint density at radius 2 is 1.67 bits per heavy atom. The Kier molecular flexibility index (Phi) is 6.62. The third-order valence-corrected chi connectivity index (χ3v) is 5.57. The van der Waals surface area contributed by atoms with Crippen LogP contribution in [0.25, 0.3) is 10.8 Å². The van der Waals surface area contributed by atoms with Crippen LogP contribution in [0.1, 0.15) is 11.1 Å². The van der Waals surface area contributed by atoms with Crippen LogP contribution in [0, 0.1) is 0 Å². The molecule has 1 N–H and O–H groups in total. The van der Waals surface area contributed by atoms with Crippen molar-refractivity contribution in [3.63, 3.8) is 0 Å². The Balaban J connectivity index is 1.25. The maximum absolute atomic E-state index is 12.2. The lowest BCUT2D eigenvalue weighted by Crippen LogP contribution is -2.43. The highest BCUT2D eigenvalue weighted by molar-refractivity contribution is 5.84. The number of nitrogens with one attached hydrogen (secondary N) is 1. The van der Waals surface area contributed by atoms with Crippen molar-refractivity contribution in [1.82, 2.24) is 15.1 Å². The molecule has 0 aliphatic carbocycles. The highest BCUT2D eigenvalue weighted by Crippen LogP contribution is 2.20. The molecule has 30 heavy (non-hydrogen) atoms. The van der Waals surface area contributed by atoms with Crippen LogP contribution in [0.5, 0.6) is 5.75 Å². The second-order valence-electron chi connectivity index (χ2n) is 7.97. The normalized spacial score (nSPS) is 15.2. The number of benzene rings is 3. The molecule has 1 amide bonds. The molecule has 1 heterocycles. The topological polar surface area (TPSA) is 44.8 Å². The zero-order chi connectivity index (χ0) is 20.8. The van der Waals surface area contributed by atoms with Crippen molar-refractivity contribution in [2.75, 3.05) is 39.8 Å². The van der Waals surface area contributed by atoms with Crippen molar-refractivity contribution in [3.05, 3.63) is 77.9 Å². The van der Waals surface area contributed by atoms with Gasteiger partial charge in [0.25, 0.3) is 5.91 Å². The molecule has 0 radical (unpaired) electrons. The van der Waals surface area contributed by atoms with Gasteiger partial charge in [0.05, 0.1) is 0 Å². The van der Waals surface area contributed by atoms with Crippen molar-refractivity contribution in [1.29, 1.82) is 0 Å². The Labute approximate surface area is 178 Å². The number of hydrogen-bond acceptors (Lipinski definition) is 4. The largest absolute Gasteiger partial charge is 0.484 e. The smallest absolute Gasteiger partial charge is 0.258 e. The summed E-state index contributed by atoms with van der Waals surface area (Å²) in [6, 6.07) is 22.4. The van der Waals surface area contributed by atoms with Crippen LogP contribution in [-0.2, 0) is 17.9 Å². The third kappa shape index (κ3) is 5.59. The van der Waals surface area contributed by atoms with Gasteiger partial charge >= 0.3 is 0 Å². The summed E-state index contributed by atoms with van der Waals surface area (Å²) in [5, 5.41) is 5.22. The number of fused-ring (bicyclic) bond motifs is 1. The monoisotopic (exact) mass is 403 g/mol. The summed E-state index contributed by atoms with van der Waals surface area (Å²) in [6.45, 7) is 5.92. The highest BCUT2D eigenvalue weighted by Gasteiger charge is 2.14. The molecule has 3 aromatic rings. The number of likely N-dealkylation sites (N-methyl/N-ethyl adjacent to an activating group) is 1. The molecule has 0 spiro atoms. The van der Waals surface area contributed by atoms with E-state index < -0.39 is 0 Å². The second-order valence-corrected chi connectivity index (χ2v) is 7.97. The van der Waals surface area contributed by atoms with Crippen LogP contribution < -0.4 is 10.1 Å². The van der Waals surface area contributed by atoms with Crippen molar-refractivity contribution in [3.8, 4) is 5.75 Å². The van der Waals surface area contributed by atoms with E-state index in [1.807, 2.05) is 36.4 Å². The first-order valence-corrected chi connectivity index (χ1v) is 10.5. The predicted molar refractivity (Wildman–Crippen MR) is 121 cm³/mol. The van der Waals surface area contributed by atoms with Crippen molar-refractivity contribution < 1.29 is 9.53 Å². The summed E-state index contributed by atoms with van der Waals surface area (Å²) in [4.78, 5) is 17.1. The first-order chi connectivity index (χ1) is 14.7. The van der Waals surface area contributed by atoms with Gasteiger partial charge in [-0.05, 0) is 41.1 Å². The van der Waals surface area contributed by atoms with E-state index in [0.717, 1.165) is 49.1 Å². The van der Waals surface area contributed by atoms with Gasteiger partial charge in [-0.1, -0.05) is 54.6 Å². The highest BCUT2D eigenvalue weighted by atomic mass is 16.5. The van der Waals surface area contributed by atoms with Gasteiger partial charge in [-0.25, -0.2) is 0 Å². The summed E-state index contributed by atoms with van der Waals surface area (Å²) in [7, 11) is 2.17. The van der Waals surface area contributed by atoms with E-state index in [2.05, 4.69) is 52.5 Å². The van der Waals surface area contributed by atoms with Crippen molar-refractivity contribution in [2.24, 2.45) is 0 Å². The average molecular weight is 404 g/mol. The van der Waals surface area contributed by atoms with E-state index in [9.17, 15) is 4.79 Å². The minimum absolute atomic E-state index is 0.0132. The van der Waals surface area contributed by atoms with Gasteiger partial charge in [-0.2, -0.15) is 0 Å². The van der Waals surface area contributed by atoms with E-state index in [0.29, 0.717) is 12.3 Å². The molecule has 1 fully saturated rings. The molecule has 0 saturated carbocycles. The lowest BCUT2D eigenvalue weighted by molar-refractivity contribution is -0.123. The van der Waals surface area contributed by atoms with E-state index in [-0.39, 0.29) is 12.5 Å². The number of rotatable bonds is 7. The molecule has 5 nitrogen and oxygen atoms in total. The molecule has 3 aromatic carbocycles. The second kappa shape index (κ2) is 9.74. The lowest BCUT2D eigenvalue weighted by atomic mass is 10.1. The quantitative estimate of drug-likeness (QED) is 0.658. The molecule has 156 valence electrons. The van der Waals surface area contributed by atoms with Crippen LogP contribution in [0.15, 0.2) is 66.7 Å². The maximum Gasteiger partial charge on any atom is 0.258 e. The number of piperazine rings is 1. The molecule has 5 heteroatoms. The fourth-order valence-electron chi connectivity index (χ4n) is 3.76. The van der Waals surface area contributed by atoms with Crippen LogP contribution in [0.2, 0.25) is 0 Å². The number of hydrogen-bond donors (Lipinski definition) is 1. The Morgan fingerprint density at radius 1 is 0.900 bits per heavy atom. The molecule has 0 atom stereocenters. The van der Waals surface area contributed by atoms with Gasteiger partial charge in [-0.15, -0.1) is 0 Å². The van der Waals surface area contributed by atoms with Gasteiger partial charge in [0.15, 0.2) is 6.61 Å². The van der Waals surface area contributed by atoms with E-state index in [1.54, 1.807) is 0 Å². The van der Waals surface area contributed by atoms with Gasteiger partial charge in [0.2, 0.25) is 0 Å². The third-order valence-electron chi connectivity index (χ3n) is 5.57. The molecule has 0 aromatic heterocycles. The molecule has 0 bridgehead atoms. The average Bonchev–Trinajstić information content (AvgIpc) is 2.78. The Morgan fingerprint density at radius 3 is 2.50 bits per heavy atom. The predicted octanol–water partition coefficient (Wildman–Crippen LogP) is 3.28. The Bertz CT molecular complexity index is 996. The van der Waals surface area contributed by atoms with Crippen LogP contribution in [0.4, 0.5) is 0 Å². The summed E-state index contributed by atoms with van der Waals surface area (Å²) < 4.78 is 5.67. The zero-order valence-corrected chi connectivity index (χ0v) is 17.5. The fraction of sp³-hybridized carbons (Fsp3) is 0.320. The SMILES string of the molecule is CN1CCN(Cc2cccc(CNC(=O)COc3ccc4ccccc4c3)c2)CC1. The summed E-state index contributed by atoms with van der Waals surface area (Å²) >= 11 is 0. The molecule has 4 rings (SSSR count). The van der Waals surface area contributed by atoms with Gasteiger partial charge < -0.3 is 15.0 Å². The number of nitrogens with zero attached hydrogens (tertiary/aromatic N) is 2. The van der Waals surface area contributed by atoms with Crippen LogP contribution >= 0.6 is 0 Å². The molecule has 0 unspecified atom stereocenters. The van der Waals surface area contributed by atoms with E-state index in [4.69, 9.17) is 4.74 Å². The first-order valence-electron chi connectivity index (χ1n) is 10.5. The first kappa shape index (κ1) is 20.4. The fourth-order valence-corrected chi connectivity index (χ4v) is 3.76. The standard InChI is InChI=1S/C25H29N3O2/c1-27-11-13-28(14-12-27)18-21-6-4-5-20(15-21)17-26-25(29)19-30-24-10-9-22-7-2-3-8-23(22)16-24/h2-10,15-16H,11-14,17-19H2,1H3,(H,26,29). The minimum Gasteiger partial charge on any atom is -0.484 e. The van der Waals surface area contributed by atoms with Crippen LogP contribution in [0.3, 0.4) is 0 Å². The van der Waals surface area contributed by atoms with Gasteiger partial charge in [0.1, 0.15) is 5.75 Å². The molecule has 1 saturated heterocycles. The Hall–Kier alpha value is -2.89. The van der Waals surface area contributed by atoms with Crippen molar-refractivity contribution >= 4 is 16.7 Å². The van der Waals surface area contributed by atoms with E-state index >= 15 is 0 Å². The number of carbonyl (C=O) groups excluding carboxylic acids is 1. The number of ether oxygens (including phenoxy) is 1. The summed E-state index contributed by atoms with van der Waals surface area (Å²) in [5.41, 5.74) is 2.40.